The summed E-state index contributed by atoms with van der Waals surface area (Å²) in [4.78, 5) is 15.6. The summed E-state index contributed by atoms with van der Waals surface area (Å²) in [5.74, 6) is -4.02. The maximum atomic E-state index is 13.3. The highest BCUT2D eigenvalue weighted by atomic mass is 19.3. The summed E-state index contributed by atoms with van der Waals surface area (Å²) in [6.45, 7) is 5.67. The lowest BCUT2D eigenvalue weighted by Gasteiger charge is -2.28. The van der Waals surface area contributed by atoms with Crippen molar-refractivity contribution >= 4 is 11.8 Å². The minimum absolute atomic E-state index is 0.0771. The van der Waals surface area contributed by atoms with Gasteiger partial charge in [-0.2, -0.15) is 0 Å². The molecule has 0 atom stereocenters. The number of pyridine rings is 1. The van der Waals surface area contributed by atoms with Crippen molar-refractivity contribution in [2.45, 2.75) is 70.5 Å². The minimum atomic E-state index is -2.62. The van der Waals surface area contributed by atoms with Crippen LogP contribution >= 0.6 is 0 Å². The van der Waals surface area contributed by atoms with Crippen LogP contribution in [0.15, 0.2) is 6.07 Å². The lowest BCUT2D eigenvalue weighted by atomic mass is 9.84. The number of ether oxygens (including phenoxy) is 1. The summed E-state index contributed by atoms with van der Waals surface area (Å²) in [6, 6.07) is 1.64. The maximum Gasteiger partial charge on any atom is 0.339 e. The molecule has 0 amide bonds. The van der Waals surface area contributed by atoms with Gasteiger partial charge in [-0.3, -0.25) is 0 Å². The van der Waals surface area contributed by atoms with Crippen LogP contribution in [-0.2, 0) is 11.3 Å². The Labute approximate surface area is 140 Å². The second-order valence-corrected chi connectivity index (χ2v) is 7.30. The molecule has 2 rings (SSSR count). The van der Waals surface area contributed by atoms with Crippen LogP contribution in [0.4, 0.5) is 14.6 Å². The Morgan fingerprint density at radius 2 is 2.00 bits per heavy atom. The standard InChI is InChI=1S/C17H24F2N2O3/c1-16(2,3)24-9-11-8-12(21-14(20)13(11)15(22)23)10-4-6-17(18,19)7-5-10/h8,10H,4-7,9H2,1-3H3,(H2,20,21)(H,22,23). The third-order valence-corrected chi connectivity index (χ3v) is 4.16. The van der Waals surface area contributed by atoms with Crippen molar-refractivity contribution in [3.8, 4) is 0 Å². The monoisotopic (exact) mass is 342 g/mol. The number of hydrogen-bond acceptors (Lipinski definition) is 4. The summed E-state index contributed by atoms with van der Waals surface area (Å²) in [7, 11) is 0. The molecule has 0 aliphatic heterocycles. The molecule has 0 spiro atoms. The van der Waals surface area contributed by atoms with Gasteiger partial charge in [-0.1, -0.05) is 0 Å². The van der Waals surface area contributed by atoms with E-state index in [4.69, 9.17) is 10.5 Å². The number of rotatable bonds is 4. The van der Waals surface area contributed by atoms with E-state index in [1.54, 1.807) is 6.07 Å². The van der Waals surface area contributed by atoms with E-state index in [1.165, 1.54) is 0 Å². The molecular weight excluding hydrogens is 318 g/mol. The average molecular weight is 342 g/mol. The number of nitrogen functional groups attached to an aromatic ring is 1. The van der Waals surface area contributed by atoms with E-state index >= 15 is 0 Å². The van der Waals surface area contributed by atoms with Gasteiger partial charge in [-0.05, 0) is 45.2 Å². The van der Waals surface area contributed by atoms with E-state index in [0.29, 0.717) is 24.1 Å². The number of anilines is 1. The number of carboxylic acids is 1. The number of nitrogens with two attached hydrogens (primary N) is 1. The molecule has 1 aliphatic rings. The van der Waals surface area contributed by atoms with Gasteiger partial charge in [0.25, 0.3) is 0 Å². The molecule has 3 N–H and O–H groups in total. The molecule has 0 radical (unpaired) electrons. The third-order valence-electron chi connectivity index (χ3n) is 4.16. The molecule has 5 nitrogen and oxygen atoms in total. The summed E-state index contributed by atoms with van der Waals surface area (Å²) >= 11 is 0. The molecule has 134 valence electrons. The van der Waals surface area contributed by atoms with Crippen LogP contribution in [0.5, 0.6) is 0 Å². The Bertz CT molecular complexity index is 617. The maximum absolute atomic E-state index is 13.3. The predicted octanol–water partition coefficient (Wildman–Crippen LogP) is 3.97. The first kappa shape index (κ1) is 18.6. The van der Waals surface area contributed by atoms with Crippen molar-refractivity contribution in [2.24, 2.45) is 0 Å². The number of aromatic nitrogens is 1. The van der Waals surface area contributed by atoms with Crippen LogP contribution in [-0.4, -0.2) is 27.6 Å². The van der Waals surface area contributed by atoms with E-state index in [-0.39, 0.29) is 36.7 Å². The van der Waals surface area contributed by atoms with E-state index in [1.807, 2.05) is 20.8 Å². The number of carboxylic acid groups (broad SMARTS) is 1. The van der Waals surface area contributed by atoms with E-state index in [0.717, 1.165) is 0 Å². The van der Waals surface area contributed by atoms with Crippen molar-refractivity contribution in [3.05, 3.63) is 22.9 Å². The number of aromatic carboxylic acids is 1. The second kappa shape index (κ2) is 6.63. The van der Waals surface area contributed by atoms with Gasteiger partial charge in [0.1, 0.15) is 11.4 Å². The fourth-order valence-corrected chi connectivity index (χ4v) is 2.84. The summed E-state index contributed by atoms with van der Waals surface area (Å²) in [5, 5.41) is 9.37. The molecule has 0 aromatic carbocycles. The fraction of sp³-hybridized carbons (Fsp3) is 0.647. The number of nitrogens with zero attached hydrogens (tertiary/aromatic N) is 1. The van der Waals surface area contributed by atoms with Gasteiger partial charge >= 0.3 is 5.97 Å². The number of halogens is 2. The number of carbonyl (C=O) groups is 1. The van der Waals surface area contributed by atoms with Crippen LogP contribution in [0.3, 0.4) is 0 Å². The van der Waals surface area contributed by atoms with E-state index < -0.39 is 17.5 Å². The highest BCUT2D eigenvalue weighted by Crippen LogP contribution is 2.41. The van der Waals surface area contributed by atoms with Crippen LogP contribution in [0.2, 0.25) is 0 Å². The molecule has 0 saturated heterocycles. The average Bonchev–Trinajstić information content (AvgIpc) is 2.43. The largest absolute Gasteiger partial charge is 0.478 e. The zero-order valence-electron chi connectivity index (χ0n) is 14.2. The van der Waals surface area contributed by atoms with Crippen molar-refractivity contribution in [1.29, 1.82) is 0 Å². The van der Waals surface area contributed by atoms with Crippen LogP contribution in [0, 0.1) is 0 Å². The molecule has 1 aromatic rings. The summed E-state index contributed by atoms with van der Waals surface area (Å²) in [6.07, 6.45) is 0.248. The van der Waals surface area contributed by atoms with Gasteiger partial charge in [-0.15, -0.1) is 0 Å². The van der Waals surface area contributed by atoms with Gasteiger partial charge in [0, 0.05) is 24.5 Å². The van der Waals surface area contributed by atoms with E-state index in [2.05, 4.69) is 4.98 Å². The zero-order chi connectivity index (χ0) is 18.1. The van der Waals surface area contributed by atoms with Crippen molar-refractivity contribution in [3.63, 3.8) is 0 Å². The first-order chi connectivity index (χ1) is 11.0. The first-order valence-corrected chi connectivity index (χ1v) is 8.03. The molecule has 24 heavy (non-hydrogen) atoms. The van der Waals surface area contributed by atoms with Gasteiger partial charge < -0.3 is 15.6 Å². The SMILES string of the molecule is CC(C)(C)OCc1cc(C2CCC(F)(F)CC2)nc(N)c1C(=O)O. The highest BCUT2D eigenvalue weighted by molar-refractivity contribution is 5.94. The third kappa shape index (κ3) is 4.63. The molecule has 1 aromatic heterocycles. The van der Waals surface area contributed by atoms with Crippen molar-refractivity contribution in [2.75, 3.05) is 5.73 Å². The molecule has 1 heterocycles. The van der Waals surface area contributed by atoms with Crippen LogP contribution in [0.1, 0.15) is 74.0 Å². The molecule has 0 unspecified atom stereocenters. The number of hydrogen-bond donors (Lipinski definition) is 2. The van der Waals surface area contributed by atoms with E-state index in [9.17, 15) is 18.7 Å². The molecule has 1 aliphatic carbocycles. The first-order valence-electron chi connectivity index (χ1n) is 8.03. The molecule has 1 fully saturated rings. The van der Waals surface area contributed by atoms with Gasteiger partial charge in [0.15, 0.2) is 0 Å². The number of alkyl halides is 2. The summed E-state index contributed by atoms with van der Waals surface area (Å²) < 4.78 is 32.3. The smallest absolute Gasteiger partial charge is 0.339 e. The predicted molar refractivity (Wildman–Crippen MR) is 86.3 cm³/mol. The minimum Gasteiger partial charge on any atom is -0.478 e. The van der Waals surface area contributed by atoms with Crippen molar-refractivity contribution in [1.82, 2.24) is 4.98 Å². The quantitative estimate of drug-likeness (QED) is 0.865. The van der Waals surface area contributed by atoms with Crippen LogP contribution < -0.4 is 5.73 Å². The van der Waals surface area contributed by atoms with Crippen molar-refractivity contribution < 1.29 is 23.4 Å². The van der Waals surface area contributed by atoms with Gasteiger partial charge in [0.2, 0.25) is 5.92 Å². The van der Waals surface area contributed by atoms with Gasteiger partial charge in [-0.25, -0.2) is 18.6 Å². The Morgan fingerprint density at radius 3 is 2.50 bits per heavy atom. The lowest BCUT2D eigenvalue weighted by molar-refractivity contribution is -0.0385. The Morgan fingerprint density at radius 1 is 1.42 bits per heavy atom. The highest BCUT2D eigenvalue weighted by Gasteiger charge is 2.36. The fourth-order valence-electron chi connectivity index (χ4n) is 2.84. The Hall–Kier alpha value is -1.76. The Kier molecular flexibility index (Phi) is 5.13. The normalized spacial score (nSPS) is 18.5. The molecule has 1 saturated carbocycles. The zero-order valence-corrected chi connectivity index (χ0v) is 14.2. The topological polar surface area (TPSA) is 85.4 Å². The summed E-state index contributed by atoms with van der Waals surface area (Å²) in [5.41, 5.74) is 6.30. The second-order valence-electron chi connectivity index (χ2n) is 7.30. The van der Waals surface area contributed by atoms with Gasteiger partial charge in [0.05, 0.1) is 12.2 Å². The molecule has 7 heteroatoms. The Balaban J connectivity index is 2.30. The van der Waals surface area contributed by atoms with Crippen LogP contribution in [0.25, 0.3) is 0 Å². The molecule has 0 bridgehead atoms. The lowest BCUT2D eigenvalue weighted by Crippen LogP contribution is -2.25. The molecular formula is C17H24F2N2O3.